The van der Waals surface area contributed by atoms with Crippen LogP contribution < -0.4 is 0 Å². The fourth-order valence-electron chi connectivity index (χ4n) is 2.02. The van der Waals surface area contributed by atoms with E-state index in [1.54, 1.807) is 18.9 Å². The maximum absolute atomic E-state index is 13.8. The summed E-state index contributed by atoms with van der Waals surface area (Å²) in [4.78, 5) is 16.4. The van der Waals surface area contributed by atoms with E-state index in [4.69, 9.17) is 0 Å². The third kappa shape index (κ3) is 2.95. The molecular weight excluding hydrogens is 288 g/mol. The van der Waals surface area contributed by atoms with Crippen LogP contribution in [0.4, 0.5) is 8.78 Å². The Hall–Kier alpha value is -2.37. The average molecular weight is 298 g/mol. The van der Waals surface area contributed by atoms with Crippen LogP contribution in [0.1, 0.15) is 10.4 Å². The summed E-state index contributed by atoms with van der Waals surface area (Å²) in [6.45, 7) is 0. The molecule has 1 aliphatic carbocycles. The molecule has 0 aliphatic heterocycles. The van der Waals surface area contributed by atoms with Gasteiger partial charge in [0.05, 0.1) is 5.56 Å². The van der Waals surface area contributed by atoms with Crippen LogP contribution in [0.25, 0.3) is 5.70 Å². The number of nitrogens with zero attached hydrogens (tertiary/aromatic N) is 3. The molecule has 0 atom stereocenters. The molecule has 6 heteroatoms. The molecule has 0 spiro atoms. The summed E-state index contributed by atoms with van der Waals surface area (Å²) in [6.07, 6.45) is 11.4. The summed E-state index contributed by atoms with van der Waals surface area (Å²) in [6, 6.07) is 2.83. The van der Waals surface area contributed by atoms with Crippen LogP contribution in [-0.4, -0.2) is 20.5 Å². The van der Waals surface area contributed by atoms with E-state index in [-0.39, 0.29) is 11.3 Å². The zero-order valence-corrected chi connectivity index (χ0v) is 11.3. The predicted molar refractivity (Wildman–Crippen MR) is 75.4 cm³/mol. The molecule has 1 fully saturated rings. The molecule has 3 rings (SSSR count). The van der Waals surface area contributed by atoms with Crippen molar-refractivity contribution in [3.8, 4) is 0 Å². The Bertz CT molecular complexity index is 704. The lowest BCUT2D eigenvalue weighted by Crippen LogP contribution is -2.13. The topological polar surface area (TPSA) is 47.8 Å². The summed E-state index contributed by atoms with van der Waals surface area (Å²) in [5.74, 6) is -1.50. The van der Waals surface area contributed by atoms with Gasteiger partial charge in [-0.15, -0.1) is 0 Å². The summed E-state index contributed by atoms with van der Waals surface area (Å²) < 4.78 is 28.1. The lowest BCUT2D eigenvalue weighted by Gasteiger charge is -2.10. The number of hydrogen-bond acceptors (Lipinski definition) is 3. The Balaban J connectivity index is 1.99. The van der Waals surface area contributed by atoms with Crippen molar-refractivity contribution in [1.29, 1.82) is 0 Å². The number of hydrogen-bond donors (Lipinski definition) is 0. The van der Waals surface area contributed by atoms with Crippen molar-refractivity contribution >= 4 is 11.5 Å². The third-order valence-electron chi connectivity index (χ3n) is 3.07. The Morgan fingerprint density at radius 1 is 1.18 bits per heavy atom. The van der Waals surface area contributed by atoms with Crippen LogP contribution in [0.5, 0.6) is 0 Å². The Morgan fingerprint density at radius 3 is 2.59 bits per heavy atom. The van der Waals surface area contributed by atoms with Gasteiger partial charge in [0, 0.05) is 12.0 Å². The van der Waals surface area contributed by atoms with Crippen LogP contribution in [0, 0.1) is 43.2 Å². The number of carbonyl (C=O) groups is 1. The Morgan fingerprint density at radius 2 is 1.95 bits per heavy atom. The number of Topliss-reactive ketones (excluding diaryl/α,β-unsaturated/α-hetero) is 1. The number of carbonyl (C=O) groups excluding carboxylic acids is 1. The second kappa shape index (κ2) is 6.17. The molecule has 1 aromatic heterocycles. The number of allylic oxidation sites excluding steroid dienone is 2. The second-order valence-corrected chi connectivity index (χ2v) is 4.54. The van der Waals surface area contributed by atoms with Crippen LogP contribution in [0.15, 0.2) is 36.9 Å². The number of aromatic nitrogens is 3. The largest absolute Gasteiger partial charge is 0.287 e. The number of benzene rings is 1. The van der Waals surface area contributed by atoms with Gasteiger partial charge in [0.15, 0.2) is 0 Å². The molecule has 1 aliphatic rings. The predicted octanol–water partition coefficient (Wildman–Crippen LogP) is 2.69. The summed E-state index contributed by atoms with van der Waals surface area (Å²) in [5, 5.41) is 3.91. The summed E-state index contributed by atoms with van der Waals surface area (Å²) >= 11 is 0. The molecule has 1 aromatic carbocycles. The molecular formula is C16H10F2N3O. The Labute approximate surface area is 126 Å². The van der Waals surface area contributed by atoms with E-state index in [9.17, 15) is 13.6 Å². The van der Waals surface area contributed by atoms with Gasteiger partial charge in [-0.2, -0.15) is 5.10 Å². The van der Waals surface area contributed by atoms with Gasteiger partial charge >= 0.3 is 0 Å². The first-order chi connectivity index (χ1) is 10.6. The minimum Gasteiger partial charge on any atom is -0.287 e. The zero-order valence-electron chi connectivity index (χ0n) is 11.3. The minimum atomic E-state index is -0.918. The van der Waals surface area contributed by atoms with Crippen molar-refractivity contribution in [2.75, 3.05) is 0 Å². The SMILES string of the molecule is O=C(/C(=C/[C]1[CH][CH][CH][CH]1)n1cncn1)c1ccc(F)cc1F. The molecule has 0 N–H and O–H groups in total. The van der Waals surface area contributed by atoms with Crippen molar-refractivity contribution in [1.82, 2.24) is 14.8 Å². The molecule has 0 saturated heterocycles. The quantitative estimate of drug-likeness (QED) is 0.644. The molecule has 1 heterocycles. The summed E-state index contributed by atoms with van der Waals surface area (Å²) in [7, 11) is 0. The molecule has 1 saturated carbocycles. The van der Waals surface area contributed by atoms with Gasteiger partial charge < -0.3 is 0 Å². The van der Waals surface area contributed by atoms with E-state index in [0.29, 0.717) is 6.07 Å². The first-order valence-corrected chi connectivity index (χ1v) is 6.43. The number of halogens is 2. The van der Waals surface area contributed by atoms with E-state index in [2.05, 4.69) is 10.1 Å². The van der Waals surface area contributed by atoms with Gasteiger partial charge in [0.1, 0.15) is 30.0 Å². The zero-order chi connectivity index (χ0) is 15.5. The highest BCUT2D eigenvalue weighted by atomic mass is 19.1. The average Bonchev–Trinajstić information content (AvgIpc) is 3.17. The normalized spacial score (nSPS) is 16.2. The maximum atomic E-state index is 13.8. The van der Waals surface area contributed by atoms with Crippen molar-refractivity contribution in [3.63, 3.8) is 0 Å². The van der Waals surface area contributed by atoms with Gasteiger partial charge in [-0.05, 0) is 43.9 Å². The van der Waals surface area contributed by atoms with Gasteiger partial charge in [0.2, 0.25) is 5.78 Å². The first kappa shape index (κ1) is 14.6. The van der Waals surface area contributed by atoms with Crippen LogP contribution in [0.2, 0.25) is 0 Å². The molecule has 2 aromatic rings. The van der Waals surface area contributed by atoms with Crippen molar-refractivity contribution < 1.29 is 13.6 Å². The molecule has 0 unspecified atom stereocenters. The molecule has 4 nitrogen and oxygen atoms in total. The molecule has 0 bridgehead atoms. The van der Waals surface area contributed by atoms with Crippen LogP contribution in [0.3, 0.4) is 0 Å². The third-order valence-corrected chi connectivity index (χ3v) is 3.07. The Kier molecular flexibility index (Phi) is 4.09. The van der Waals surface area contributed by atoms with Gasteiger partial charge in [-0.3, -0.25) is 4.79 Å². The highest BCUT2D eigenvalue weighted by Gasteiger charge is 2.23. The van der Waals surface area contributed by atoms with E-state index in [0.717, 1.165) is 18.1 Å². The van der Waals surface area contributed by atoms with Crippen molar-refractivity contribution in [2.45, 2.75) is 0 Å². The van der Waals surface area contributed by atoms with E-state index >= 15 is 0 Å². The van der Waals surface area contributed by atoms with Crippen molar-refractivity contribution in [3.05, 3.63) is 85.7 Å². The van der Waals surface area contributed by atoms with Gasteiger partial charge in [0.25, 0.3) is 0 Å². The molecule has 0 amide bonds. The van der Waals surface area contributed by atoms with E-state index < -0.39 is 17.4 Å². The van der Waals surface area contributed by atoms with Crippen LogP contribution in [-0.2, 0) is 0 Å². The summed E-state index contributed by atoms with van der Waals surface area (Å²) in [5.41, 5.74) is -0.107. The monoisotopic (exact) mass is 298 g/mol. The highest BCUT2D eigenvalue weighted by molar-refractivity contribution is 6.24. The standard InChI is InChI=1S/C16H10F2N3O/c17-12-5-6-13(14(18)8-12)16(22)15(21-10-19-9-20-21)7-11-3-1-2-4-11/h1-10H/b15-7-. The smallest absolute Gasteiger partial charge is 0.214 e. The van der Waals surface area contributed by atoms with Crippen molar-refractivity contribution in [2.24, 2.45) is 0 Å². The van der Waals surface area contributed by atoms with E-state index in [1.165, 1.54) is 17.3 Å². The number of ketones is 1. The fourth-order valence-corrected chi connectivity index (χ4v) is 2.02. The molecule has 109 valence electrons. The lowest BCUT2D eigenvalue weighted by atomic mass is 10.0. The van der Waals surface area contributed by atoms with Crippen LogP contribution >= 0.6 is 0 Å². The fraction of sp³-hybridized carbons (Fsp3) is 0. The van der Waals surface area contributed by atoms with Gasteiger partial charge in [-0.1, -0.05) is 0 Å². The lowest BCUT2D eigenvalue weighted by molar-refractivity contribution is 0.104. The van der Waals surface area contributed by atoms with E-state index in [1.807, 2.05) is 12.8 Å². The maximum Gasteiger partial charge on any atom is 0.214 e. The second-order valence-electron chi connectivity index (χ2n) is 4.54. The first-order valence-electron chi connectivity index (χ1n) is 6.43. The molecule has 5 radical (unpaired) electrons. The highest BCUT2D eigenvalue weighted by Crippen LogP contribution is 2.27. The number of rotatable bonds is 4. The van der Waals surface area contributed by atoms with Gasteiger partial charge in [-0.25, -0.2) is 18.4 Å². The molecule has 22 heavy (non-hydrogen) atoms. The minimum absolute atomic E-state index is 0.120.